The van der Waals surface area contributed by atoms with Gasteiger partial charge in [0.2, 0.25) is 0 Å². The van der Waals surface area contributed by atoms with Crippen molar-refractivity contribution >= 4 is 40.9 Å². The number of hydrogen-bond donors (Lipinski definition) is 0. The van der Waals surface area contributed by atoms with Gasteiger partial charge in [-0.25, -0.2) is 4.98 Å². The smallest absolute Gasteiger partial charge is 0.302 e. The quantitative estimate of drug-likeness (QED) is 0.443. The lowest BCUT2D eigenvalue weighted by molar-refractivity contribution is -0.142. The van der Waals surface area contributed by atoms with Gasteiger partial charge in [0, 0.05) is 28.9 Å². The molecule has 1 aromatic carbocycles. The lowest BCUT2D eigenvalue weighted by atomic mass is 10.1. The molecule has 0 saturated heterocycles. The maximum absolute atomic E-state index is 10.8. The Kier molecular flexibility index (Phi) is 7.83. The van der Waals surface area contributed by atoms with Gasteiger partial charge in [0.05, 0.1) is 12.3 Å². The Morgan fingerprint density at radius 2 is 1.88 bits per heavy atom. The number of rotatable bonds is 8. The summed E-state index contributed by atoms with van der Waals surface area (Å²) in [5, 5.41) is 2.09. The molecule has 0 spiro atoms. The Labute approximate surface area is 168 Å². The van der Waals surface area contributed by atoms with Crippen molar-refractivity contribution in [1.82, 2.24) is 9.55 Å². The van der Waals surface area contributed by atoms with Crippen LogP contribution in [0.1, 0.15) is 38.2 Å². The molecule has 142 valence electrons. The molecule has 26 heavy (non-hydrogen) atoms. The fourth-order valence-corrected chi connectivity index (χ4v) is 4.36. The normalized spacial score (nSPS) is 11.2. The molecule has 5 nitrogen and oxygen atoms in total. The highest BCUT2D eigenvalue weighted by Gasteiger charge is 2.19. The number of carbonyl (C=O) groups excluding carboxylic acids is 1. The minimum Gasteiger partial charge on any atom is -0.463 e. The third-order valence-electron chi connectivity index (χ3n) is 3.56. The van der Waals surface area contributed by atoms with Crippen LogP contribution in [0.15, 0.2) is 28.1 Å². The molecule has 0 unspecified atom stereocenters. The van der Waals surface area contributed by atoms with Crippen molar-refractivity contribution in [2.45, 2.75) is 43.2 Å². The Balaban J connectivity index is 2.14. The molecule has 0 aliphatic rings. The van der Waals surface area contributed by atoms with Gasteiger partial charge in [-0.05, 0) is 24.1 Å². The lowest BCUT2D eigenvalue weighted by Gasteiger charge is -2.11. The van der Waals surface area contributed by atoms with Crippen LogP contribution in [-0.4, -0.2) is 28.7 Å². The van der Waals surface area contributed by atoms with E-state index in [0.29, 0.717) is 29.2 Å². The van der Waals surface area contributed by atoms with E-state index in [1.165, 1.54) is 18.7 Å². The third-order valence-corrected chi connectivity index (χ3v) is 4.96. The zero-order valence-electron chi connectivity index (χ0n) is 15.2. The van der Waals surface area contributed by atoms with Crippen LogP contribution in [0.3, 0.4) is 0 Å². The maximum Gasteiger partial charge on any atom is 0.302 e. The Morgan fingerprint density at radius 1 is 1.23 bits per heavy atom. The molecule has 0 atom stereocenters. The number of benzene rings is 1. The Hall–Kier alpha value is -1.21. The summed E-state index contributed by atoms with van der Waals surface area (Å²) in [5.41, 5.74) is 1.12. The van der Waals surface area contributed by atoms with Gasteiger partial charge in [0.25, 0.3) is 0 Å². The van der Waals surface area contributed by atoms with E-state index >= 15 is 0 Å². The second kappa shape index (κ2) is 9.65. The minimum absolute atomic E-state index is 0.236. The van der Waals surface area contributed by atoms with Crippen molar-refractivity contribution in [2.75, 3.05) is 13.2 Å². The van der Waals surface area contributed by atoms with Gasteiger partial charge in [-0.2, -0.15) is 0 Å². The average molecular weight is 417 g/mol. The highest BCUT2D eigenvalue weighted by atomic mass is 35.5. The Bertz CT molecular complexity index is 758. The SMILES string of the molecule is CC(=O)OCCOCc1nc(Sc2cc(Cl)cc(Cl)c2)c(C(C)C)n1C. The standard InChI is InChI=1S/C18H22Cl2N2O3S/c1-11(2)17-18(26-15-8-13(19)7-14(20)9-15)21-16(22(17)4)10-24-5-6-25-12(3)23/h7-9,11H,5-6,10H2,1-4H3. The van der Waals surface area contributed by atoms with Crippen molar-refractivity contribution in [1.29, 1.82) is 0 Å². The number of hydrogen-bond acceptors (Lipinski definition) is 5. The minimum atomic E-state index is -0.313. The number of imidazole rings is 1. The first-order valence-corrected chi connectivity index (χ1v) is 9.75. The molecule has 2 rings (SSSR count). The zero-order chi connectivity index (χ0) is 19.3. The maximum atomic E-state index is 10.8. The highest BCUT2D eigenvalue weighted by molar-refractivity contribution is 7.99. The number of nitrogens with zero attached hydrogens (tertiary/aromatic N) is 2. The number of aromatic nitrogens is 2. The van der Waals surface area contributed by atoms with E-state index in [4.69, 9.17) is 37.7 Å². The second-order valence-corrected chi connectivity index (χ2v) is 7.97. The molecular weight excluding hydrogens is 395 g/mol. The van der Waals surface area contributed by atoms with Crippen molar-refractivity contribution in [3.63, 3.8) is 0 Å². The fourth-order valence-electron chi connectivity index (χ4n) is 2.48. The molecule has 2 aromatic rings. The Morgan fingerprint density at radius 3 is 2.46 bits per heavy atom. The molecule has 0 bridgehead atoms. The molecule has 1 heterocycles. The zero-order valence-corrected chi connectivity index (χ0v) is 17.5. The number of carbonyl (C=O) groups is 1. The summed E-state index contributed by atoms with van der Waals surface area (Å²) in [5.74, 6) is 0.790. The van der Waals surface area contributed by atoms with E-state index in [1.54, 1.807) is 6.07 Å². The van der Waals surface area contributed by atoms with Crippen LogP contribution in [0.5, 0.6) is 0 Å². The molecule has 0 N–H and O–H groups in total. The van der Waals surface area contributed by atoms with Gasteiger partial charge in [0.1, 0.15) is 24.1 Å². The van der Waals surface area contributed by atoms with Crippen LogP contribution in [0.4, 0.5) is 0 Å². The fraction of sp³-hybridized carbons (Fsp3) is 0.444. The first-order valence-electron chi connectivity index (χ1n) is 8.18. The van der Waals surface area contributed by atoms with Crippen LogP contribution in [0.25, 0.3) is 0 Å². The van der Waals surface area contributed by atoms with Crippen LogP contribution in [0, 0.1) is 0 Å². The molecule has 0 fully saturated rings. The van der Waals surface area contributed by atoms with E-state index < -0.39 is 0 Å². The van der Waals surface area contributed by atoms with Crippen molar-refractivity contribution in [3.8, 4) is 0 Å². The van der Waals surface area contributed by atoms with Crippen molar-refractivity contribution in [3.05, 3.63) is 39.8 Å². The van der Waals surface area contributed by atoms with Gasteiger partial charge < -0.3 is 14.0 Å². The van der Waals surface area contributed by atoms with Crippen LogP contribution < -0.4 is 0 Å². The molecule has 8 heteroatoms. The van der Waals surface area contributed by atoms with Gasteiger partial charge in [0.15, 0.2) is 0 Å². The predicted molar refractivity (Wildman–Crippen MR) is 104 cm³/mol. The van der Waals surface area contributed by atoms with Gasteiger partial charge in [-0.3, -0.25) is 4.79 Å². The van der Waals surface area contributed by atoms with E-state index in [2.05, 4.69) is 13.8 Å². The molecule has 0 radical (unpaired) electrons. The summed E-state index contributed by atoms with van der Waals surface area (Å²) >= 11 is 13.7. The van der Waals surface area contributed by atoms with E-state index in [1.807, 2.05) is 23.7 Å². The first-order chi connectivity index (χ1) is 12.3. The largest absolute Gasteiger partial charge is 0.463 e. The summed E-state index contributed by atoms with van der Waals surface area (Å²) < 4.78 is 12.5. The van der Waals surface area contributed by atoms with Crippen LogP contribution in [-0.2, 0) is 27.9 Å². The van der Waals surface area contributed by atoms with Crippen LogP contribution in [0.2, 0.25) is 10.0 Å². The molecule has 1 aromatic heterocycles. The highest BCUT2D eigenvalue weighted by Crippen LogP contribution is 2.36. The molecular formula is C18H22Cl2N2O3S. The van der Waals surface area contributed by atoms with E-state index in [-0.39, 0.29) is 12.6 Å². The molecule has 0 saturated carbocycles. The number of esters is 1. The second-order valence-electron chi connectivity index (χ2n) is 6.03. The van der Waals surface area contributed by atoms with Crippen LogP contribution >= 0.6 is 35.0 Å². The molecule has 0 amide bonds. The molecule has 0 aliphatic heterocycles. The van der Waals surface area contributed by atoms with E-state index in [0.717, 1.165) is 21.4 Å². The molecule has 0 aliphatic carbocycles. The average Bonchev–Trinajstić information content (AvgIpc) is 2.81. The lowest BCUT2D eigenvalue weighted by Crippen LogP contribution is -2.10. The summed E-state index contributed by atoms with van der Waals surface area (Å²) in [6, 6.07) is 5.44. The monoisotopic (exact) mass is 416 g/mol. The van der Waals surface area contributed by atoms with Gasteiger partial charge in [-0.15, -0.1) is 0 Å². The summed E-state index contributed by atoms with van der Waals surface area (Å²) in [4.78, 5) is 16.4. The summed E-state index contributed by atoms with van der Waals surface area (Å²) in [6.07, 6.45) is 0. The first kappa shape index (κ1) is 21.1. The summed E-state index contributed by atoms with van der Waals surface area (Å²) in [6.45, 7) is 6.53. The number of halogens is 2. The third kappa shape index (κ3) is 5.91. The van der Waals surface area contributed by atoms with Gasteiger partial charge in [-0.1, -0.05) is 48.8 Å². The predicted octanol–water partition coefficient (Wildman–Crippen LogP) is 5.08. The number of ether oxygens (including phenoxy) is 2. The van der Waals surface area contributed by atoms with Crippen molar-refractivity contribution in [2.24, 2.45) is 7.05 Å². The summed E-state index contributed by atoms with van der Waals surface area (Å²) in [7, 11) is 1.97. The van der Waals surface area contributed by atoms with Gasteiger partial charge >= 0.3 is 5.97 Å². The topological polar surface area (TPSA) is 53.4 Å². The van der Waals surface area contributed by atoms with E-state index in [9.17, 15) is 4.79 Å². The van der Waals surface area contributed by atoms with Crippen molar-refractivity contribution < 1.29 is 14.3 Å².